The molecule has 2 heterocycles. The summed E-state index contributed by atoms with van der Waals surface area (Å²) in [5, 5.41) is 6.21. The van der Waals surface area contributed by atoms with Crippen molar-refractivity contribution < 1.29 is 14.3 Å². The van der Waals surface area contributed by atoms with Gasteiger partial charge in [0.1, 0.15) is 17.1 Å². The predicted octanol–water partition coefficient (Wildman–Crippen LogP) is 3.62. The molecule has 1 aromatic carbocycles. The molecule has 2 amide bonds. The highest BCUT2D eigenvalue weighted by atomic mass is 16.5. The van der Waals surface area contributed by atoms with E-state index in [0.29, 0.717) is 33.8 Å². The van der Waals surface area contributed by atoms with Crippen LogP contribution in [0.3, 0.4) is 0 Å². The van der Waals surface area contributed by atoms with E-state index >= 15 is 0 Å². The molecular formula is C20H20N4O3. The predicted molar refractivity (Wildman–Crippen MR) is 104 cm³/mol. The van der Waals surface area contributed by atoms with E-state index in [2.05, 4.69) is 27.2 Å². The second-order valence-corrected chi connectivity index (χ2v) is 6.22. The van der Waals surface area contributed by atoms with Crippen LogP contribution in [-0.2, 0) is 4.79 Å². The molecule has 138 valence electrons. The Kier molecular flexibility index (Phi) is 5.21. The summed E-state index contributed by atoms with van der Waals surface area (Å²) >= 11 is 0. The minimum absolute atomic E-state index is 0.0309. The molecule has 3 aromatic rings. The zero-order valence-corrected chi connectivity index (χ0v) is 15.1. The van der Waals surface area contributed by atoms with Gasteiger partial charge in [0.2, 0.25) is 5.91 Å². The molecule has 2 aromatic heterocycles. The minimum atomic E-state index is -0.302. The fourth-order valence-electron chi connectivity index (χ4n) is 2.53. The van der Waals surface area contributed by atoms with Crippen LogP contribution in [-0.4, -0.2) is 27.8 Å². The number of carbonyl (C=O) groups excluding carboxylic acids is 2. The number of ether oxygens (including phenoxy) is 1. The second kappa shape index (κ2) is 7.74. The molecule has 0 fully saturated rings. The Labute approximate surface area is 156 Å². The monoisotopic (exact) mass is 364 g/mol. The van der Waals surface area contributed by atoms with Crippen molar-refractivity contribution >= 4 is 28.5 Å². The summed E-state index contributed by atoms with van der Waals surface area (Å²) in [5.74, 6) is 0.530. The maximum atomic E-state index is 12.3. The maximum Gasteiger partial charge on any atom is 0.253 e. The van der Waals surface area contributed by atoms with Crippen LogP contribution in [0, 0.1) is 0 Å². The summed E-state index contributed by atoms with van der Waals surface area (Å²) in [7, 11) is 0. The third-order valence-corrected chi connectivity index (χ3v) is 3.69. The van der Waals surface area contributed by atoms with Crippen molar-refractivity contribution in [1.82, 2.24) is 15.3 Å². The van der Waals surface area contributed by atoms with Gasteiger partial charge in [0.15, 0.2) is 0 Å². The highest BCUT2D eigenvalue weighted by Crippen LogP contribution is 2.27. The lowest BCUT2D eigenvalue weighted by Gasteiger charge is -2.09. The first-order valence-corrected chi connectivity index (χ1v) is 8.45. The Morgan fingerprint density at radius 2 is 2.07 bits per heavy atom. The molecule has 0 saturated heterocycles. The Bertz CT molecular complexity index is 1010. The van der Waals surface area contributed by atoms with Crippen molar-refractivity contribution in [1.29, 1.82) is 0 Å². The molecule has 0 aliphatic rings. The molecule has 7 nitrogen and oxygen atoms in total. The SMILES string of the molecule is C=CC(=O)Nc1cccc(Oc2cnc3[nH]cc(C(=O)NC(C)C)c3c2)c1. The van der Waals surface area contributed by atoms with Crippen LogP contribution in [0.5, 0.6) is 11.5 Å². The number of amides is 2. The molecule has 0 saturated carbocycles. The van der Waals surface area contributed by atoms with Gasteiger partial charge in [-0.3, -0.25) is 9.59 Å². The van der Waals surface area contributed by atoms with Gasteiger partial charge in [-0.2, -0.15) is 0 Å². The number of anilines is 1. The molecule has 0 aliphatic heterocycles. The average molecular weight is 364 g/mol. The lowest BCUT2D eigenvalue weighted by molar-refractivity contribution is -0.111. The van der Waals surface area contributed by atoms with Gasteiger partial charge in [0.25, 0.3) is 5.91 Å². The van der Waals surface area contributed by atoms with E-state index in [0.717, 1.165) is 0 Å². The fraction of sp³-hybridized carbons (Fsp3) is 0.150. The molecule has 0 spiro atoms. The largest absolute Gasteiger partial charge is 0.456 e. The summed E-state index contributed by atoms with van der Waals surface area (Å²) in [4.78, 5) is 31.0. The molecule has 0 radical (unpaired) electrons. The summed E-state index contributed by atoms with van der Waals surface area (Å²) in [6, 6.07) is 8.74. The van der Waals surface area contributed by atoms with Crippen LogP contribution in [0.2, 0.25) is 0 Å². The molecule has 0 aliphatic carbocycles. The van der Waals surface area contributed by atoms with Crippen LogP contribution in [0.15, 0.2) is 55.4 Å². The number of fused-ring (bicyclic) bond motifs is 1. The normalized spacial score (nSPS) is 10.6. The number of benzene rings is 1. The van der Waals surface area contributed by atoms with Crippen molar-refractivity contribution in [2.45, 2.75) is 19.9 Å². The van der Waals surface area contributed by atoms with Crippen molar-refractivity contribution in [3.8, 4) is 11.5 Å². The Balaban J connectivity index is 1.85. The molecule has 27 heavy (non-hydrogen) atoms. The van der Waals surface area contributed by atoms with E-state index in [1.54, 1.807) is 42.7 Å². The first-order valence-electron chi connectivity index (χ1n) is 8.45. The third kappa shape index (κ3) is 4.33. The van der Waals surface area contributed by atoms with Gasteiger partial charge >= 0.3 is 0 Å². The van der Waals surface area contributed by atoms with Crippen LogP contribution in [0.4, 0.5) is 5.69 Å². The number of aromatic amines is 1. The first kappa shape index (κ1) is 18.2. The van der Waals surface area contributed by atoms with E-state index < -0.39 is 0 Å². The Morgan fingerprint density at radius 3 is 2.81 bits per heavy atom. The number of nitrogens with one attached hydrogen (secondary N) is 3. The lowest BCUT2D eigenvalue weighted by atomic mass is 10.2. The molecule has 0 bridgehead atoms. The Morgan fingerprint density at radius 1 is 1.26 bits per heavy atom. The number of rotatable bonds is 6. The number of carbonyl (C=O) groups is 2. The van der Waals surface area contributed by atoms with Gasteiger partial charge < -0.3 is 20.4 Å². The molecule has 0 atom stereocenters. The van der Waals surface area contributed by atoms with E-state index in [4.69, 9.17) is 4.74 Å². The topological polar surface area (TPSA) is 96.1 Å². The molecule has 0 unspecified atom stereocenters. The van der Waals surface area contributed by atoms with Crippen LogP contribution in [0.25, 0.3) is 11.0 Å². The third-order valence-electron chi connectivity index (χ3n) is 3.69. The summed E-state index contributed by atoms with van der Waals surface area (Å²) in [5.41, 5.74) is 1.69. The number of hydrogen-bond acceptors (Lipinski definition) is 4. The highest BCUT2D eigenvalue weighted by Gasteiger charge is 2.14. The van der Waals surface area contributed by atoms with E-state index in [-0.39, 0.29) is 17.9 Å². The number of nitrogens with zero attached hydrogens (tertiary/aromatic N) is 1. The van der Waals surface area contributed by atoms with Crippen LogP contribution in [0.1, 0.15) is 24.2 Å². The minimum Gasteiger partial charge on any atom is -0.456 e. The van der Waals surface area contributed by atoms with Crippen LogP contribution >= 0.6 is 0 Å². The molecule has 3 rings (SSSR count). The smallest absolute Gasteiger partial charge is 0.253 e. The van der Waals surface area contributed by atoms with Gasteiger partial charge in [-0.1, -0.05) is 12.6 Å². The summed E-state index contributed by atoms with van der Waals surface area (Å²) < 4.78 is 5.84. The van der Waals surface area contributed by atoms with Crippen molar-refractivity contribution in [3.63, 3.8) is 0 Å². The number of H-pyrrole nitrogens is 1. The van der Waals surface area contributed by atoms with Crippen molar-refractivity contribution in [2.24, 2.45) is 0 Å². The molecular weight excluding hydrogens is 344 g/mol. The molecule has 7 heteroatoms. The first-order chi connectivity index (χ1) is 13.0. The van der Waals surface area contributed by atoms with Gasteiger partial charge in [-0.15, -0.1) is 0 Å². The average Bonchev–Trinajstić information content (AvgIpc) is 3.04. The standard InChI is InChI=1S/C20H20N4O3/c1-4-18(25)24-13-6-5-7-14(8-13)27-15-9-16-17(20(26)23-12(2)3)11-22-19(16)21-10-15/h4-12H,1H2,2-3H3,(H,21,22)(H,23,26)(H,24,25). The van der Waals surface area contributed by atoms with E-state index in [9.17, 15) is 9.59 Å². The number of aromatic nitrogens is 2. The van der Waals surface area contributed by atoms with Gasteiger partial charge in [0, 0.05) is 29.4 Å². The zero-order chi connectivity index (χ0) is 19.4. The Hall–Kier alpha value is -3.61. The van der Waals surface area contributed by atoms with Crippen molar-refractivity contribution in [3.05, 3.63) is 60.9 Å². The number of pyridine rings is 1. The fourth-order valence-corrected chi connectivity index (χ4v) is 2.53. The second-order valence-electron chi connectivity index (χ2n) is 6.22. The highest BCUT2D eigenvalue weighted by molar-refractivity contribution is 6.06. The number of hydrogen-bond donors (Lipinski definition) is 3. The quantitative estimate of drug-likeness (QED) is 0.582. The maximum absolute atomic E-state index is 12.3. The molecule has 3 N–H and O–H groups in total. The summed E-state index contributed by atoms with van der Waals surface area (Å²) in [6.45, 7) is 7.22. The van der Waals surface area contributed by atoms with E-state index in [1.165, 1.54) is 6.08 Å². The zero-order valence-electron chi connectivity index (χ0n) is 15.1. The summed E-state index contributed by atoms with van der Waals surface area (Å²) in [6.07, 6.45) is 4.39. The van der Waals surface area contributed by atoms with Gasteiger partial charge in [-0.25, -0.2) is 4.98 Å². The van der Waals surface area contributed by atoms with Crippen LogP contribution < -0.4 is 15.4 Å². The van der Waals surface area contributed by atoms with Gasteiger partial charge in [-0.05, 0) is 38.1 Å². The van der Waals surface area contributed by atoms with E-state index in [1.807, 2.05) is 13.8 Å². The van der Waals surface area contributed by atoms with Gasteiger partial charge in [0.05, 0.1) is 11.8 Å². The van der Waals surface area contributed by atoms with Crippen molar-refractivity contribution in [2.75, 3.05) is 5.32 Å². The lowest BCUT2D eigenvalue weighted by Crippen LogP contribution is -2.29.